The molecule has 7 N–H and O–H groups in total. The maximum Gasteiger partial charge on any atom is 0.308 e. The quantitative estimate of drug-likeness (QED) is 0.128. The van der Waals surface area contributed by atoms with Crippen LogP contribution < -0.4 is 16.0 Å². The first-order valence-corrected chi connectivity index (χ1v) is 36.4. The highest BCUT2D eigenvalue weighted by Crippen LogP contribution is 2.50. The number of ether oxygens (including phenoxy) is 1. The molecule has 592 valence electrons. The fourth-order valence-electron chi connectivity index (χ4n) is 14.7. The second-order valence-electron chi connectivity index (χ2n) is 32.0. The number of anilines is 1. The SMILES string of the molecule is CCC(C)C1NC(=O)C(C(C)C)N(C)C(=O)C2CC3(O)c4ccccc4NC3N2C(=O)CN(C)C(=O)C(C(C)CC)N(C)C(=O)C(C(C)C)NC(=O)C(O)N(C)C(=O)C(C(C)C(C)OC(=O)CC(C)(C)O)N(C)C(=O)C(C(C)(C)O)N(C)C(=O)CN(C)C(=O)C(C(C)C)N(C)C(=O)C(C(C)C)N(C)C1=O. The molecule has 105 heavy (non-hydrogen) atoms. The van der Waals surface area contributed by atoms with Gasteiger partial charge in [0.2, 0.25) is 71.2 Å². The topological polar surface area (TPSA) is 381 Å². The predicted molar refractivity (Wildman–Crippen MR) is 390 cm³/mol. The molecule has 31 nitrogen and oxygen atoms in total. The van der Waals surface area contributed by atoms with E-state index in [-0.39, 0.29) is 6.42 Å². The van der Waals surface area contributed by atoms with Crippen LogP contribution in [0.4, 0.5) is 5.69 Å². The number of para-hydroxylation sites is 1. The summed E-state index contributed by atoms with van der Waals surface area (Å²) in [5.74, 6) is -16.6. The van der Waals surface area contributed by atoms with Crippen LogP contribution in [0.3, 0.4) is 0 Å². The van der Waals surface area contributed by atoms with E-state index < -0.39 is 227 Å². The monoisotopic (exact) mass is 1480 g/mol. The smallest absolute Gasteiger partial charge is 0.308 e. The van der Waals surface area contributed by atoms with Crippen LogP contribution in [0.1, 0.15) is 156 Å². The molecule has 3 heterocycles. The summed E-state index contributed by atoms with van der Waals surface area (Å²) in [6.07, 6.45) is -5.24. The molecule has 1 aromatic carbocycles. The van der Waals surface area contributed by atoms with E-state index in [0.717, 1.165) is 48.4 Å². The molecule has 0 spiro atoms. The zero-order valence-electron chi connectivity index (χ0n) is 67.0. The Balaban J connectivity index is 2.00. The van der Waals surface area contributed by atoms with Crippen LogP contribution in [0.15, 0.2) is 24.3 Å². The maximum absolute atomic E-state index is 15.5. The molecule has 0 aromatic heterocycles. The number of carbonyl (C=O) groups is 13. The van der Waals surface area contributed by atoms with E-state index in [4.69, 9.17) is 4.74 Å². The standard InChI is InChI=1S/C74H123N13O18/c1-28-42(11)53-64(95)82(23)56(41(9)10)67(98)83(24)55(40(7)8)65(96)78(19)36-49(88)80(21)59(73(17,18)103)69(100)85(26)58(44(13)45(14)105-51(90)35-72(15,16)102)68(99)86(27)70(101)61(92)76-52(38(3)4)63(94)84(25)57(43(12)29-2)66(97)79(20)37-50(89)87-48(62(93)81(22)54(39(5)6)60(91)77-53)34-74(104)46-32-30-31-33-47(46)75-71(74)87/h30-33,38-45,48,52-59,70-71,75,101-104H,28-29,34-37H2,1-27H3,(H,76,92)(H,77,91). The van der Waals surface area contributed by atoms with Gasteiger partial charge in [-0.2, -0.15) is 0 Å². The van der Waals surface area contributed by atoms with Crippen molar-refractivity contribution in [2.24, 2.45) is 41.4 Å². The van der Waals surface area contributed by atoms with Gasteiger partial charge in [-0.1, -0.05) is 121 Å². The summed E-state index contributed by atoms with van der Waals surface area (Å²) in [7, 11) is 11.5. The lowest BCUT2D eigenvalue weighted by Gasteiger charge is -2.43. The third-order valence-electron chi connectivity index (χ3n) is 21.3. The number of aliphatic hydroxyl groups is 4. The van der Waals surface area contributed by atoms with Gasteiger partial charge in [-0.25, -0.2) is 0 Å². The lowest BCUT2D eigenvalue weighted by Crippen LogP contribution is -2.65. The summed E-state index contributed by atoms with van der Waals surface area (Å²) in [6, 6.07) is -6.51. The van der Waals surface area contributed by atoms with Crippen molar-refractivity contribution in [3.05, 3.63) is 29.8 Å². The Labute approximate surface area is 620 Å². The highest BCUT2D eigenvalue weighted by Gasteiger charge is 2.61. The van der Waals surface area contributed by atoms with Gasteiger partial charge in [0, 0.05) is 87.0 Å². The van der Waals surface area contributed by atoms with Crippen molar-refractivity contribution in [2.75, 3.05) is 81.8 Å². The van der Waals surface area contributed by atoms with Crippen molar-refractivity contribution in [3.8, 4) is 0 Å². The molecule has 2 fully saturated rings. The number of benzene rings is 1. The van der Waals surface area contributed by atoms with Crippen molar-refractivity contribution >= 4 is 82.5 Å². The summed E-state index contributed by atoms with van der Waals surface area (Å²) in [5, 5.41) is 55.8. The molecule has 16 atom stereocenters. The molecular weight excluding hydrogens is 1360 g/mol. The van der Waals surface area contributed by atoms with E-state index >= 15 is 43.2 Å². The molecule has 4 rings (SSSR count). The Morgan fingerprint density at radius 1 is 0.514 bits per heavy atom. The normalized spacial score (nSPS) is 28.2. The predicted octanol–water partition coefficient (Wildman–Crippen LogP) is 1.08. The average Bonchev–Trinajstić information content (AvgIpc) is 1.55. The number of amides is 12. The fourth-order valence-corrected chi connectivity index (χ4v) is 14.7. The minimum absolute atomic E-state index is 0.295. The van der Waals surface area contributed by atoms with E-state index in [2.05, 4.69) is 16.0 Å². The highest BCUT2D eigenvalue weighted by molar-refractivity contribution is 6.00. The van der Waals surface area contributed by atoms with Gasteiger partial charge in [-0.05, 0) is 76.2 Å². The zero-order valence-corrected chi connectivity index (χ0v) is 67.0. The zero-order chi connectivity index (χ0) is 80.8. The first-order chi connectivity index (χ1) is 48.2. The third-order valence-corrected chi connectivity index (χ3v) is 21.3. The van der Waals surface area contributed by atoms with Crippen molar-refractivity contribution in [2.45, 2.75) is 240 Å². The molecule has 2 saturated heterocycles. The Hall–Kier alpha value is -8.03. The number of nitrogens with one attached hydrogen (secondary N) is 3. The first kappa shape index (κ1) is 89.4. The Kier molecular flexibility index (Phi) is 30.3. The minimum Gasteiger partial charge on any atom is -0.462 e. The lowest BCUT2D eigenvalue weighted by molar-refractivity contribution is -0.168. The number of aliphatic hydroxyl groups excluding tert-OH is 1. The van der Waals surface area contributed by atoms with Crippen molar-refractivity contribution in [1.82, 2.24) is 59.6 Å². The summed E-state index contributed by atoms with van der Waals surface area (Å²) >= 11 is 0. The average molecular weight is 1480 g/mol. The molecule has 12 amide bonds. The van der Waals surface area contributed by atoms with E-state index in [1.165, 1.54) is 101 Å². The Morgan fingerprint density at radius 3 is 1.45 bits per heavy atom. The fraction of sp³-hybridized carbons (Fsp3) is 0.743. The number of esters is 1. The molecule has 1 aromatic rings. The number of nitrogens with zero attached hydrogens (tertiary/aromatic N) is 10. The van der Waals surface area contributed by atoms with Crippen LogP contribution in [-0.2, 0) is 72.7 Å². The molecule has 0 radical (unpaired) electrons. The van der Waals surface area contributed by atoms with Crippen molar-refractivity contribution in [3.63, 3.8) is 0 Å². The van der Waals surface area contributed by atoms with Crippen molar-refractivity contribution < 1.29 is 87.5 Å². The molecule has 0 saturated carbocycles. The van der Waals surface area contributed by atoms with Gasteiger partial charge in [-0.15, -0.1) is 0 Å². The van der Waals surface area contributed by atoms with Crippen LogP contribution in [0.2, 0.25) is 0 Å². The first-order valence-electron chi connectivity index (χ1n) is 36.4. The van der Waals surface area contributed by atoms with Gasteiger partial charge in [0.1, 0.15) is 72.2 Å². The van der Waals surface area contributed by atoms with E-state index in [9.17, 15) is 39.6 Å². The van der Waals surface area contributed by atoms with Crippen LogP contribution in [0.25, 0.3) is 0 Å². The van der Waals surface area contributed by atoms with E-state index in [1.807, 2.05) is 0 Å². The van der Waals surface area contributed by atoms with E-state index in [1.54, 1.807) is 107 Å². The molecule has 16 unspecified atom stereocenters. The Bertz CT molecular complexity index is 3350. The molecule has 3 aliphatic heterocycles. The molecule has 3 aliphatic rings. The number of hydrogen-bond donors (Lipinski definition) is 7. The third kappa shape index (κ3) is 19.8. The minimum atomic E-state index is -2.44. The highest BCUT2D eigenvalue weighted by atomic mass is 16.5. The van der Waals surface area contributed by atoms with Crippen LogP contribution in [0.5, 0.6) is 0 Å². The summed E-state index contributed by atoms with van der Waals surface area (Å²) in [6.45, 7) is 26.7. The van der Waals surface area contributed by atoms with Crippen LogP contribution in [-0.4, -0.2) is 307 Å². The molecule has 0 bridgehead atoms. The van der Waals surface area contributed by atoms with Gasteiger partial charge in [0.15, 0.2) is 0 Å². The van der Waals surface area contributed by atoms with Gasteiger partial charge in [-0.3, -0.25) is 62.3 Å². The van der Waals surface area contributed by atoms with Crippen LogP contribution in [0, 0.1) is 41.4 Å². The second kappa shape index (κ2) is 35.6. The van der Waals surface area contributed by atoms with Gasteiger partial charge in [0.05, 0.1) is 30.7 Å². The van der Waals surface area contributed by atoms with Crippen molar-refractivity contribution in [1.29, 1.82) is 0 Å². The molecule has 0 aliphatic carbocycles. The molecular formula is C74H123N13O18. The summed E-state index contributed by atoms with van der Waals surface area (Å²) in [5.41, 5.74) is -4.74. The molecule has 31 heteroatoms. The lowest BCUT2D eigenvalue weighted by atomic mass is 9.90. The van der Waals surface area contributed by atoms with E-state index in [0.29, 0.717) is 29.0 Å². The largest absolute Gasteiger partial charge is 0.462 e. The number of carbonyl (C=O) groups excluding carboxylic acids is 13. The maximum atomic E-state index is 15.5. The van der Waals surface area contributed by atoms with Gasteiger partial charge < -0.3 is 90.1 Å². The van der Waals surface area contributed by atoms with Crippen LogP contribution >= 0.6 is 0 Å². The van der Waals surface area contributed by atoms with Gasteiger partial charge >= 0.3 is 5.97 Å². The second-order valence-corrected chi connectivity index (χ2v) is 32.0. The number of likely N-dealkylation sites (N-methyl/N-ethyl adjacent to an activating group) is 9. The van der Waals surface area contributed by atoms with Gasteiger partial charge in [0.25, 0.3) is 5.91 Å². The summed E-state index contributed by atoms with van der Waals surface area (Å²) < 4.78 is 5.70. The number of hydrogen-bond acceptors (Lipinski definition) is 19. The Morgan fingerprint density at radius 2 is 0.952 bits per heavy atom. The summed E-state index contributed by atoms with van der Waals surface area (Å²) in [4.78, 5) is 205. The number of rotatable bonds is 14. The number of fused-ring (bicyclic) bond motifs is 5.